The first-order chi connectivity index (χ1) is 10.5. The number of amides is 2. The van der Waals surface area contributed by atoms with E-state index < -0.39 is 0 Å². The number of anilines is 1. The number of rotatable bonds is 4. The van der Waals surface area contributed by atoms with E-state index in [0.717, 1.165) is 17.9 Å². The first-order valence-electron chi connectivity index (χ1n) is 7.95. The van der Waals surface area contributed by atoms with Crippen molar-refractivity contribution in [2.45, 2.75) is 52.4 Å². The molecule has 0 spiro atoms. The SMILES string of the molecule is CCC(C)Oc1cccc(NC(=O)N2CC(C)OCC2C)c1. The molecular weight excluding hydrogens is 280 g/mol. The largest absolute Gasteiger partial charge is 0.491 e. The van der Waals surface area contributed by atoms with Gasteiger partial charge in [-0.05, 0) is 39.3 Å². The van der Waals surface area contributed by atoms with Crippen LogP contribution in [0.2, 0.25) is 0 Å². The minimum atomic E-state index is -0.0941. The molecule has 1 fully saturated rings. The summed E-state index contributed by atoms with van der Waals surface area (Å²) in [6.07, 6.45) is 1.17. The summed E-state index contributed by atoms with van der Waals surface area (Å²) in [7, 11) is 0. The van der Waals surface area contributed by atoms with E-state index in [1.54, 1.807) is 0 Å². The molecule has 0 saturated carbocycles. The van der Waals surface area contributed by atoms with Gasteiger partial charge in [0.25, 0.3) is 0 Å². The van der Waals surface area contributed by atoms with Crippen molar-refractivity contribution in [3.8, 4) is 5.75 Å². The molecule has 1 aliphatic heterocycles. The number of carbonyl (C=O) groups excluding carboxylic acids is 1. The average Bonchev–Trinajstić information content (AvgIpc) is 2.49. The van der Waals surface area contributed by atoms with E-state index in [4.69, 9.17) is 9.47 Å². The van der Waals surface area contributed by atoms with Crippen molar-refractivity contribution in [2.24, 2.45) is 0 Å². The third kappa shape index (κ3) is 4.37. The highest BCUT2D eigenvalue weighted by Gasteiger charge is 2.27. The van der Waals surface area contributed by atoms with Gasteiger partial charge in [-0.1, -0.05) is 13.0 Å². The minimum absolute atomic E-state index is 0.0713. The number of nitrogens with zero attached hydrogens (tertiary/aromatic N) is 1. The summed E-state index contributed by atoms with van der Waals surface area (Å²) >= 11 is 0. The fourth-order valence-electron chi connectivity index (χ4n) is 2.34. The van der Waals surface area contributed by atoms with Crippen LogP contribution in [0.25, 0.3) is 0 Å². The lowest BCUT2D eigenvalue weighted by Gasteiger charge is -2.36. The predicted molar refractivity (Wildman–Crippen MR) is 87.4 cm³/mol. The summed E-state index contributed by atoms with van der Waals surface area (Å²) in [6.45, 7) is 9.27. The van der Waals surface area contributed by atoms with Crippen molar-refractivity contribution in [3.63, 3.8) is 0 Å². The van der Waals surface area contributed by atoms with Gasteiger partial charge >= 0.3 is 6.03 Å². The Morgan fingerprint density at radius 2 is 2.27 bits per heavy atom. The number of urea groups is 1. The molecule has 5 heteroatoms. The van der Waals surface area contributed by atoms with Crippen molar-refractivity contribution >= 4 is 11.7 Å². The van der Waals surface area contributed by atoms with E-state index in [1.807, 2.05) is 49.9 Å². The molecule has 1 heterocycles. The third-order valence-electron chi connectivity index (χ3n) is 3.87. The Morgan fingerprint density at radius 1 is 1.50 bits per heavy atom. The summed E-state index contributed by atoms with van der Waals surface area (Å²) in [5.74, 6) is 0.774. The van der Waals surface area contributed by atoms with Gasteiger partial charge in [0.05, 0.1) is 24.9 Å². The minimum Gasteiger partial charge on any atom is -0.491 e. The highest BCUT2D eigenvalue weighted by atomic mass is 16.5. The van der Waals surface area contributed by atoms with Crippen LogP contribution in [0.15, 0.2) is 24.3 Å². The zero-order chi connectivity index (χ0) is 16.1. The predicted octanol–water partition coefficient (Wildman–Crippen LogP) is 3.51. The number of carbonyl (C=O) groups is 1. The number of ether oxygens (including phenoxy) is 2. The van der Waals surface area contributed by atoms with Gasteiger partial charge < -0.3 is 19.7 Å². The zero-order valence-corrected chi connectivity index (χ0v) is 13.8. The molecule has 122 valence electrons. The van der Waals surface area contributed by atoms with Crippen LogP contribution in [0.4, 0.5) is 10.5 Å². The van der Waals surface area contributed by atoms with Crippen molar-refractivity contribution < 1.29 is 14.3 Å². The first kappa shape index (κ1) is 16.6. The molecule has 2 amide bonds. The van der Waals surface area contributed by atoms with E-state index in [1.165, 1.54) is 0 Å². The second kappa shape index (κ2) is 7.49. The van der Waals surface area contributed by atoms with Crippen molar-refractivity contribution in [2.75, 3.05) is 18.5 Å². The molecule has 2 rings (SSSR count). The maximum Gasteiger partial charge on any atom is 0.322 e. The van der Waals surface area contributed by atoms with Gasteiger partial charge in [-0.3, -0.25) is 0 Å². The highest BCUT2D eigenvalue weighted by molar-refractivity contribution is 5.89. The topological polar surface area (TPSA) is 50.8 Å². The van der Waals surface area contributed by atoms with Crippen molar-refractivity contribution in [3.05, 3.63) is 24.3 Å². The zero-order valence-electron chi connectivity index (χ0n) is 13.8. The van der Waals surface area contributed by atoms with Crippen LogP contribution in [-0.2, 0) is 4.74 Å². The number of morpholine rings is 1. The second-order valence-corrected chi connectivity index (χ2v) is 5.94. The van der Waals surface area contributed by atoms with Gasteiger partial charge in [0.2, 0.25) is 0 Å². The first-order valence-corrected chi connectivity index (χ1v) is 7.95. The number of hydrogen-bond donors (Lipinski definition) is 1. The molecule has 3 unspecified atom stereocenters. The summed E-state index contributed by atoms with van der Waals surface area (Å²) in [5.41, 5.74) is 0.747. The van der Waals surface area contributed by atoms with Crippen LogP contribution in [0.5, 0.6) is 5.75 Å². The second-order valence-electron chi connectivity index (χ2n) is 5.94. The summed E-state index contributed by atoms with van der Waals surface area (Å²) in [4.78, 5) is 14.2. The highest BCUT2D eigenvalue weighted by Crippen LogP contribution is 2.20. The van der Waals surface area contributed by atoms with E-state index in [-0.39, 0.29) is 24.3 Å². The smallest absolute Gasteiger partial charge is 0.322 e. The van der Waals surface area contributed by atoms with Gasteiger partial charge in [-0.2, -0.15) is 0 Å². The molecule has 5 nitrogen and oxygen atoms in total. The van der Waals surface area contributed by atoms with Crippen molar-refractivity contribution in [1.29, 1.82) is 0 Å². The molecule has 1 aromatic rings. The molecular formula is C17H26N2O3. The van der Waals surface area contributed by atoms with Gasteiger partial charge in [0.15, 0.2) is 0 Å². The van der Waals surface area contributed by atoms with Gasteiger partial charge in [-0.15, -0.1) is 0 Å². The number of hydrogen-bond acceptors (Lipinski definition) is 3. The maximum atomic E-state index is 12.4. The quantitative estimate of drug-likeness (QED) is 0.926. The Labute approximate surface area is 132 Å². The molecule has 1 aromatic carbocycles. The molecule has 22 heavy (non-hydrogen) atoms. The summed E-state index contributed by atoms with van der Waals surface area (Å²) < 4.78 is 11.3. The Bertz CT molecular complexity index is 506. The van der Waals surface area contributed by atoms with Crippen LogP contribution < -0.4 is 10.1 Å². The summed E-state index contributed by atoms with van der Waals surface area (Å²) in [6, 6.07) is 7.51. The van der Waals surface area contributed by atoms with Crippen LogP contribution in [0.1, 0.15) is 34.1 Å². The van der Waals surface area contributed by atoms with Crippen LogP contribution in [-0.4, -0.2) is 42.3 Å². The molecule has 1 saturated heterocycles. The Kier molecular flexibility index (Phi) is 5.66. The monoisotopic (exact) mass is 306 g/mol. The lowest BCUT2D eigenvalue weighted by molar-refractivity contribution is -0.0296. The van der Waals surface area contributed by atoms with Crippen LogP contribution in [0.3, 0.4) is 0 Å². The molecule has 1 N–H and O–H groups in total. The Hall–Kier alpha value is -1.75. The lowest BCUT2D eigenvalue weighted by atomic mass is 10.2. The third-order valence-corrected chi connectivity index (χ3v) is 3.87. The maximum absolute atomic E-state index is 12.4. The van der Waals surface area contributed by atoms with Gasteiger partial charge in [0, 0.05) is 18.3 Å². The number of nitrogens with one attached hydrogen (secondary N) is 1. The summed E-state index contributed by atoms with van der Waals surface area (Å²) in [5, 5.41) is 2.95. The fraction of sp³-hybridized carbons (Fsp3) is 0.588. The molecule has 0 aliphatic carbocycles. The standard InChI is InChI=1S/C17H26N2O3/c1-5-13(3)22-16-8-6-7-15(9-16)18-17(20)19-10-14(4)21-11-12(19)2/h6-9,12-14H,5,10-11H2,1-4H3,(H,18,20). The van der Waals surface area contributed by atoms with Crippen molar-refractivity contribution in [1.82, 2.24) is 4.90 Å². The molecule has 1 aliphatic rings. The fourth-order valence-corrected chi connectivity index (χ4v) is 2.34. The number of benzene rings is 1. The van der Waals surface area contributed by atoms with Crippen LogP contribution in [0, 0.1) is 0 Å². The molecule has 0 bridgehead atoms. The van der Waals surface area contributed by atoms with Gasteiger partial charge in [0.1, 0.15) is 5.75 Å². The van der Waals surface area contributed by atoms with Gasteiger partial charge in [-0.25, -0.2) is 4.79 Å². The Morgan fingerprint density at radius 3 is 3.00 bits per heavy atom. The lowest BCUT2D eigenvalue weighted by Crippen LogP contribution is -2.51. The van der Waals surface area contributed by atoms with E-state index in [0.29, 0.717) is 13.2 Å². The molecule has 0 radical (unpaired) electrons. The van der Waals surface area contributed by atoms with E-state index in [9.17, 15) is 4.79 Å². The normalized spacial score (nSPS) is 23.0. The average molecular weight is 306 g/mol. The molecule has 3 atom stereocenters. The molecule has 0 aromatic heterocycles. The van der Waals surface area contributed by atoms with E-state index >= 15 is 0 Å². The Balaban J connectivity index is 2.00. The van der Waals surface area contributed by atoms with E-state index in [2.05, 4.69) is 12.2 Å². The van der Waals surface area contributed by atoms with Crippen LogP contribution >= 0.6 is 0 Å².